The molecule has 3 nitrogen and oxygen atoms in total. The maximum atomic E-state index is 11.1. The summed E-state index contributed by atoms with van der Waals surface area (Å²) in [4.78, 5) is 11.1. The van der Waals surface area contributed by atoms with Crippen LogP contribution in [0.15, 0.2) is 18.2 Å². The Morgan fingerprint density at radius 3 is 2.67 bits per heavy atom. The smallest absolute Gasteiger partial charge is 0.344 e. The van der Waals surface area contributed by atoms with Crippen LogP contribution in [0.5, 0.6) is 5.75 Å². The number of carboxylic acids is 1. The highest BCUT2D eigenvalue weighted by Gasteiger charge is 2.20. The zero-order valence-corrected chi connectivity index (χ0v) is 11.7. The van der Waals surface area contributed by atoms with Gasteiger partial charge in [-0.25, -0.2) is 4.79 Å². The van der Waals surface area contributed by atoms with Crippen LogP contribution in [0, 0.1) is 0 Å². The van der Waals surface area contributed by atoms with Crippen LogP contribution in [0.2, 0.25) is 10.0 Å². The van der Waals surface area contributed by atoms with Crippen molar-refractivity contribution in [3.8, 4) is 5.75 Å². The van der Waals surface area contributed by atoms with Crippen molar-refractivity contribution in [3.63, 3.8) is 0 Å². The summed E-state index contributed by atoms with van der Waals surface area (Å²) in [5.74, 6) is -0.623. The van der Waals surface area contributed by atoms with Gasteiger partial charge >= 0.3 is 5.97 Å². The molecule has 0 fully saturated rings. The number of unbranched alkanes of at least 4 members (excludes halogenated alkanes) is 2. The molecule has 0 aliphatic heterocycles. The lowest BCUT2D eigenvalue weighted by atomic mass is 10.1. The molecular formula is C13H16Cl2O3. The van der Waals surface area contributed by atoms with Crippen LogP contribution in [0.3, 0.4) is 0 Å². The molecule has 0 heterocycles. The maximum absolute atomic E-state index is 11.1. The van der Waals surface area contributed by atoms with Gasteiger partial charge in [-0.1, -0.05) is 43.0 Å². The Labute approximate surface area is 117 Å². The van der Waals surface area contributed by atoms with E-state index in [2.05, 4.69) is 6.92 Å². The lowest BCUT2D eigenvalue weighted by Gasteiger charge is -2.16. The Hall–Kier alpha value is -0.930. The molecule has 0 saturated heterocycles. The first kappa shape index (κ1) is 15.1. The Balaban J connectivity index is 2.67. The van der Waals surface area contributed by atoms with Crippen LogP contribution in [-0.4, -0.2) is 17.2 Å². The molecule has 0 saturated carbocycles. The van der Waals surface area contributed by atoms with Gasteiger partial charge in [0.25, 0.3) is 0 Å². The van der Waals surface area contributed by atoms with E-state index in [1.807, 2.05) is 0 Å². The molecule has 100 valence electrons. The van der Waals surface area contributed by atoms with Crippen molar-refractivity contribution >= 4 is 29.2 Å². The van der Waals surface area contributed by atoms with Crippen LogP contribution in [-0.2, 0) is 4.79 Å². The molecule has 1 atom stereocenters. The number of carbonyl (C=O) groups is 1. The molecule has 0 aliphatic carbocycles. The Morgan fingerprint density at radius 2 is 2.11 bits per heavy atom. The molecule has 0 unspecified atom stereocenters. The summed E-state index contributed by atoms with van der Waals surface area (Å²) in [5, 5.41) is 9.90. The maximum Gasteiger partial charge on any atom is 0.344 e. The highest BCUT2D eigenvalue weighted by atomic mass is 35.5. The fraction of sp³-hybridized carbons (Fsp3) is 0.462. The lowest BCUT2D eigenvalue weighted by molar-refractivity contribution is -0.145. The van der Waals surface area contributed by atoms with Crippen molar-refractivity contribution in [2.24, 2.45) is 0 Å². The van der Waals surface area contributed by atoms with Gasteiger partial charge in [-0.05, 0) is 31.0 Å². The van der Waals surface area contributed by atoms with Gasteiger partial charge in [0.15, 0.2) is 6.10 Å². The van der Waals surface area contributed by atoms with Crippen LogP contribution in [0.25, 0.3) is 0 Å². The number of rotatable bonds is 7. The third kappa shape index (κ3) is 4.75. The van der Waals surface area contributed by atoms with Crippen molar-refractivity contribution in [1.82, 2.24) is 0 Å². The number of aliphatic carboxylic acids is 1. The standard InChI is InChI=1S/C13H16Cl2O3/c1-2-3-4-5-12(13(16)17)18-11-7-6-9(14)8-10(11)15/h6-8,12H,2-5H2,1H3,(H,16,17)/t12-/m1/s1. The lowest BCUT2D eigenvalue weighted by Crippen LogP contribution is -2.27. The molecule has 0 spiro atoms. The zero-order chi connectivity index (χ0) is 13.5. The molecule has 0 aliphatic rings. The Bertz CT molecular complexity index is 407. The minimum absolute atomic E-state index is 0.323. The number of benzene rings is 1. The van der Waals surface area contributed by atoms with E-state index in [9.17, 15) is 4.79 Å². The molecule has 1 rings (SSSR count). The minimum atomic E-state index is -0.975. The Morgan fingerprint density at radius 1 is 1.39 bits per heavy atom. The fourth-order valence-electron chi connectivity index (χ4n) is 1.54. The van der Waals surface area contributed by atoms with E-state index in [4.69, 9.17) is 33.0 Å². The molecule has 0 amide bonds. The van der Waals surface area contributed by atoms with E-state index in [1.165, 1.54) is 6.07 Å². The predicted octanol–water partition coefficient (Wildman–Crippen LogP) is 4.41. The van der Waals surface area contributed by atoms with E-state index in [-0.39, 0.29) is 0 Å². The summed E-state index contributed by atoms with van der Waals surface area (Å²) in [6, 6.07) is 4.73. The van der Waals surface area contributed by atoms with Gasteiger partial charge in [-0.2, -0.15) is 0 Å². The second kappa shape index (κ2) is 7.49. The normalized spacial score (nSPS) is 12.2. The van der Waals surface area contributed by atoms with E-state index in [0.717, 1.165) is 19.3 Å². The summed E-state index contributed by atoms with van der Waals surface area (Å²) >= 11 is 11.7. The summed E-state index contributed by atoms with van der Waals surface area (Å²) in [6.45, 7) is 2.06. The van der Waals surface area contributed by atoms with Crippen LogP contribution >= 0.6 is 23.2 Å². The van der Waals surface area contributed by atoms with Crippen LogP contribution in [0.4, 0.5) is 0 Å². The summed E-state index contributed by atoms with van der Waals surface area (Å²) in [6.07, 6.45) is 2.45. The minimum Gasteiger partial charge on any atom is -0.479 e. The highest BCUT2D eigenvalue weighted by Crippen LogP contribution is 2.29. The second-order valence-corrected chi connectivity index (χ2v) is 4.86. The van der Waals surface area contributed by atoms with Crippen molar-refractivity contribution in [2.75, 3.05) is 0 Å². The monoisotopic (exact) mass is 290 g/mol. The van der Waals surface area contributed by atoms with Gasteiger partial charge in [0, 0.05) is 5.02 Å². The fourth-order valence-corrected chi connectivity index (χ4v) is 1.99. The van der Waals surface area contributed by atoms with E-state index in [1.54, 1.807) is 12.1 Å². The van der Waals surface area contributed by atoms with Crippen LogP contribution < -0.4 is 4.74 Å². The molecule has 0 radical (unpaired) electrons. The average Bonchev–Trinajstić information content (AvgIpc) is 2.30. The molecule has 0 bridgehead atoms. The van der Waals surface area contributed by atoms with E-state index in [0.29, 0.717) is 22.2 Å². The van der Waals surface area contributed by atoms with E-state index < -0.39 is 12.1 Å². The Kier molecular flexibility index (Phi) is 6.30. The van der Waals surface area contributed by atoms with Crippen molar-refractivity contribution in [2.45, 2.75) is 38.7 Å². The molecule has 18 heavy (non-hydrogen) atoms. The first-order valence-corrected chi connectivity index (χ1v) is 6.64. The topological polar surface area (TPSA) is 46.5 Å². The SMILES string of the molecule is CCCCC[C@@H](Oc1ccc(Cl)cc1Cl)C(=O)O. The third-order valence-electron chi connectivity index (χ3n) is 2.51. The number of hydrogen-bond donors (Lipinski definition) is 1. The van der Waals surface area contributed by atoms with Gasteiger partial charge in [0.1, 0.15) is 5.75 Å². The molecule has 1 aromatic rings. The molecule has 1 aromatic carbocycles. The van der Waals surface area contributed by atoms with Crippen LogP contribution in [0.1, 0.15) is 32.6 Å². The first-order valence-electron chi connectivity index (χ1n) is 5.89. The molecule has 1 N–H and O–H groups in total. The summed E-state index contributed by atoms with van der Waals surface area (Å²) < 4.78 is 5.42. The van der Waals surface area contributed by atoms with Gasteiger partial charge in [0.05, 0.1) is 5.02 Å². The number of carboxylic acid groups (broad SMARTS) is 1. The predicted molar refractivity (Wildman–Crippen MR) is 72.7 cm³/mol. The zero-order valence-electron chi connectivity index (χ0n) is 10.2. The van der Waals surface area contributed by atoms with Gasteiger partial charge in [-0.15, -0.1) is 0 Å². The number of hydrogen-bond acceptors (Lipinski definition) is 2. The summed E-state index contributed by atoms with van der Waals surface area (Å²) in [5.41, 5.74) is 0. The number of ether oxygens (including phenoxy) is 1. The third-order valence-corrected chi connectivity index (χ3v) is 3.04. The highest BCUT2D eigenvalue weighted by molar-refractivity contribution is 6.35. The van der Waals surface area contributed by atoms with Gasteiger partial charge in [-0.3, -0.25) is 0 Å². The quantitative estimate of drug-likeness (QED) is 0.757. The van der Waals surface area contributed by atoms with Gasteiger partial charge < -0.3 is 9.84 Å². The van der Waals surface area contributed by atoms with Gasteiger partial charge in [0.2, 0.25) is 0 Å². The molecular weight excluding hydrogens is 275 g/mol. The van der Waals surface area contributed by atoms with Crippen molar-refractivity contribution in [3.05, 3.63) is 28.2 Å². The molecule has 0 aromatic heterocycles. The second-order valence-electron chi connectivity index (χ2n) is 4.02. The van der Waals surface area contributed by atoms with Crippen molar-refractivity contribution < 1.29 is 14.6 Å². The molecule has 5 heteroatoms. The largest absolute Gasteiger partial charge is 0.479 e. The first-order chi connectivity index (χ1) is 8.54. The average molecular weight is 291 g/mol. The van der Waals surface area contributed by atoms with E-state index >= 15 is 0 Å². The van der Waals surface area contributed by atoms with Crippen molar-refractivity contribution in [1.29, 1.82) is 0 Å². The summed E-state index contributed by atoms with van der Waals surface area (Å²) in [7, 11) is 0. The number of halogens is 2.